The Bertz CT molecular complexity index is 138. The lowest BCUT2D eigenvalue weighted by atomic mass is 10.1. The van der Waals surface area contributed by atoms with Crippen molar-refractivity contribution in [2.24, 2.45) is 0 Å². The maximum Gasteiger partial charge on any atom is 0.0965 e. The highest BCUT2D eigenvalue weighted by Crippen LogP contribution is 2.10. The largest absolute Gasteiger partial charge is 0.379 e. The molecular formula is C9H17NO2. The highest BCUT2D eigenvalue weighted by Gasteiger charge is 2.24. The summed E-state index contributed by atoms with van der Waals surface area (Å²) in [7, 11) is 1.74. The van der Waals surface area contributed by atoms with E-state index in [4.69, 9.17) is 9.47 Å². The number of rotatable bonds is 4. The van der Waals surface area contributed by atoms with Gasteiger partial charge in [0.2, 0.25) is 0 Å². The van der Waals surface area contributed by atoms with Crippen LogP contribution >= 0.6 is 0 Å². The Morgan fingerprint density at radius 3 is 3.08 bits per heavy atom. The summed E-state index contributed by atoms with van der Waals surface area (Å²) in [6, 6.07) is 0. The first-order valence-electron chi connectivity index (χ1n) is 4.34. The van der Waals surface area contributed by atoms with Crippen LogP contribution in [0.2, 0.25) is 0 Å². The van der Waals surface area contributed by atoms with E-state index in [0.29, 0.717) is 6.61 Å². The third-order valence-corrected chi connectivity index (χ3v) is 2.10. The van der Waals surface area contributed by atoms with Gasteiger partial charge in [-0.05, 0) is 13.0 Å². The molecule has 0 aliphatic carbocycles. The second-order valence-corrected chi connectivity index (χ2v) is 2.93. The van der Waals surface area contributed by atoms with Crippen molar-refractivity contribution < 1.29 is 9.47 Å². The van der Waals surface area contributed by atoms with Crippen LogP contribution in [0.4, 0.5) is 0 Å². The van der Waals surface area contributed by atoms with Gasteiger partial charge in [0.15, 0.2) is 0 Å². The zero-order chi connectivity index (χ0) is 8.81. The summed E-state index contributed by atoms with van der Waals surface area (Å²) in [6.45, 7) is 6.11. The van der Waals surface area contributed by atoms with Crippen LogP contribution in [0.25, 0.3) is 0 Å². The van der Waals surface area contributed by atoms with Gasteiger partial charge in [-0.2, -0.15) is 0 Å². The molecule has 1 aliphatic heterocycles. The molecule has 0 aromatic carbocycles. The molecule has 12 heavy (non-hydrogen) atoms. The third kappa shape index (κ3) is 2.59. The van der Waals surface area contributed by atoms with Crippen molar-refractivity contribution >= 4 is 0 Å². The van der Waals surface area contributed by atoms with E-state index >= 15 is 0 Å². The molecule has 0 spiro atoms. The Morgan fingerprint density at radius 2 is 2.42 bits per heavy atom. The molecule has 1 fully saturated rings. The minimum Gasteiger partial charge on any atom is -0.379 e. The van der Waals surface area contributed by atoms with Crippen molar-refractivity contribution in [3.63, 3.8) is 0 Å². The molecule has 0 radical (unpaired) electrons. The molecule has 3 nitrogen and oxygen atoms in total. The molecule has 0 saturated carbocycles. The predicted molar refractivity (Wildman–Crippen MR) is 48.2 cm³/mol. The third-order valence-electron chi connectivity index (χ3n) is 2.10. The van der Waals surface area contributed by atoms with Gasteiger partial charge in [-0.25, -0.2) is 0 Å². The van der Waals surface area contributed by atoms with E-state index in [1.54, 1.807) is 13.2 Å². The Morgan fingerprint density at radius 1 is 1.58 bits per heavy atom. The van der Waals surface area contributed by atoms with Gasteiger partial charge in [0, 0.05) is 13.7 Å². The average molecular weight is 171 g/mol. The molecule has 0 bridgehead atoms. The van der Waals surface area contributed by atoms with Gasteiger partial charge >= 0.3 is 0 Å². The molecule has 70 valence electrons. The first-order valence-corrected chi connectivity index (χ1v) is 4.34. The van der Waals surface area contributed by atoms with Gasteiger partial charge in [-0.1, -0.05) is 6.08 Å². The van der Waals surface area contributed by atoms with Crippen molar-refractivity contribution in [3.8, 4) is 0 Å². The Hall–Kier alpha value is -0.380. The van der Waals surface area contributed by atoms with E-state index in [1.165, 1.54) is 0 Å². The van der Waals surface area contributed by atoms with Crippen LogP contribution in [0.1, 0.15) is 6.42 Å². The van der Waals surface area contributed by atoms with E-state index in [9.17, 15) is 0 Å². The average Bonchev–Trinajstić information content (AvgIpc) is 2.15. The van der Waals surface area contributed by atoms with Crippen molar-refractivity contribution in [3.05, 3.63) is 12.7 Å². The SMILES string of the molecule is C=CCOC1CNCCC1OC. The predicted octanol–water partition coefficient (Wildman–Crippen LogP) is 0.566. The fourth-order valence-corrected chi connectivity index (χ4v) is 1.43. The van der Waals surface area contributed by atoms with E-state index in [1.807, 2.05) is 0 Å². The van der Waals surface area contributed by atoms with Crippen LogP contribution < -0.4 is 5.32 Å². The summed E-state index contributed by atoms with van der Waals surface area (Å²) in [6.07, 6.45) is 3.22. The molecular weight excluding hydrogens is 154 g/mol. The molecule has 3 heteroatoms. The van der Waals surface area contributed by atoms with Crippen LogP contribution in [0.15, 0.2) is 12.7 Å². The lowest BCUT2D eigenvalue weighted by molar-refractivity contribution is -0.0608. The topological polar surface area (TPSA) is 30.5 Å². The summed E-state index contributed by atoms with van der Waals surface area (Å²) in [5.41, 5.74) is 0. The number of hydrogen-bond donors (Lipinski definition) is 1. The smallest absolute Gasteiger partial charge is 0.0965 e. The Labute approximate surface area is 73.7 Å². The van der Waals surface area contributed by atoms with E-state index in [-0.39, 0.29) is 12.2 Å². The quantitative estimate of drug-likeness (QED) is 0.627. The summed E-state index contributed by atoms with van der Waals surface area (Å²) in [4.78, 5) is 0. The standard InChI is InChI=1S/C9H17NO2/c1-3-6-12-9-7-10-5-4-8(9)11-2/h3,8-10H,1,4-7H2,2H3. The molecule has 1 N–H and O–H groups in total. The van der Waals surface area contributed by atoms with E-state index in [2.05, 4.69) is 11.9 Å². The number of nitrogens with one attached hydrogen (secondary N) is 1. The Kier molecular flexibility index (Phi) is 4.29. The van der Waals surface area contributed by atoms with Crippen LogP contribution in [-0.4, -0.2) is 39.0 Å². The van der Waals surface area contributed by atoms with Crippen molar-refractivity contribution in [1.29, 1.82) is 0 Å². The highest BCUT2D eigenvalue weighted by atomic mass is 16.5. The molecule has 0 aromatic rings. The molecule has 1 heterocycles. The molecule has 1 rings (SSSR count). The van der Waals surface area contributed by atoms with Crippen molar-refractivity contribution in [2.75, 3.05) is 26.8 Å². The second-order valence-electron chi connectivity index (χ2n) is 2.93. The first-order chi connectivity index (χ1) is 5.88. The lowest BCUT2D eigenvalue weighted by Crippen LogP contribution is -2.46. The summed E-state index contributed by atoms with van der Waals surface area (Å²) < 4.78 is 10.8. The van der Waals surface area contributed by atoms with Crippen molar-refractivity contribution in [1.82, 2.24) is 5.32 Å². The molecule has 0 amide bonds. The van der Waals surface area contributed by atoms with Crippen LogP contribution in [0.5, 0.6) is 0 Å². The van der Waals surface area contributed by atoms with Crippen LogP contribution in [-0.2, 0) is 9.47 Å². The molecule has 1 aliphatic rings. The van der Waals surface area contributed by atoms with Crippen LogP contribution in [0, 0.1) is 0 Å². The molecule has 0 aromatic heterocycles. The molecule has 2 atom stereocenters. The van der Waals surface area contributed by atoms with Gasteiger partial charge in [-0.15, -0.1) is 6.58 Å². The maximum atomic E-state index is 5.53. The zero-order valence-electron chi connectivity index (χ0n) is 7.58. The molecule has 1 saturated heterocycles. The van der Waals surface area contributed by atoms with Gasteiger partial charge in [0.25, 0.3) is 0 Å². The van der Waals surface area contributed by atoms with Gasteiger partial charge < -0.3 is 14.8 Å². The number of piperidine rings is 1. The van der Waals surface area contributed by atoms with Gasteiger partial charge in [0.05, 0.1) is 18.8 Å². The summed E-state index contributed by atoms with van der Waals surface area (Å²) in [5, 5.41) is 3.27. The molecule has 2 unspecified atom stereocenters. The monoisotopic (exact) mass is 171 g/mol. The van der Waals surface area contributed by atoms with E-state index < -0.39 is 0 Å². The minimum atomic E-state index is 0.182. The van der Waals surface area contributed by atoms with Crippen molar-refractivity contribution in [2.45, 2.75) is 18.6 Å². The summed E-state index contributed by atoms with van der Waals surface area (Å²) >= 11 is 0. The fourth-order valence-electron chi connectivity index (χ4n) is 1.43. The van der Waals surface area contributed by atoms with Gasteiger partial charge in [0.1, 0.15) is 0 Å². The maximum absolute atomic E-state index is 5.53. The lowest BCUT2D eigenvalue weighted by Gasteiger charge is -2.30. The minimum absolute atomic E-state index is 0.182. The van der Waals surface area contributed by atoms with Gasteiger partial charge in [-0.3, -0.25) is 0 Å². The highest BCUT2D eigenvalue weighted by molar-refractivity contribution is 4.80. The summed E-state index contributed by atoms with van der Waals surface area (Å²) in [5.74, 6) is 0. The number of ether oxygens (including phenoxy) is 2. The normalized spacial score (nSPS) is 30.1. The number of methoxy groups -OCH3 is 1. The van der Waals surface area contributed by atoms with Crippen LogP contribution in [0.3, 0.4) is 0 Å². The first kappa shape index (κ1) is 9.71. The number of hydrogen-bond acceptors (Lipinski definition) is 3. The van der Waals surface area contributed by atoms with E-state index in [0.717, 1.165) is 19.5 Å². The fraction of sp³-hybridized carbons (Fsp3) is 0.778. The second kappa shape index (κ2) is 5.30. The Balaban J connectivity index is 2.30. The zero-order valence-corrected chi connectivity index (χ0v) is 7.58.